The van der Waals surface area contributed by atoms with Crippen LogP contribution < -0.4 is 14.8 Å². The zero-order chi connectivity index (χ0) is 13.9. The number of rotatable bonds is 3. The van der Waals surface area contributed by atoms with Gasteiger partial charge in [0.2, 0.25) is 0 Å². The van der Waals surface area contributed by atoms with Crippen LogP contribution in [0, 0.1) is 5.92 Å². The van der Waals surface area contributed by atoms with Gasteiger partial charge in [-0.25, -0.2) is 0 Å². The van der Waals surface area contributed by atoms with Gasteiger partial charge in [0.25, 0.3) is 0 Å². The first kappa shape index (κ1) is 13.7. The van der Waals surface area contributed by atoms with Crippen molar-refractivity contribution in [3.63, 3.8) is 0 Å². The smallest absolute Gasteiger partial charge is 0.426 e. The van der Waals surface area contributed by atoms with E-state index >= 15 is 0 Å². The Labute approximate surface area is 107 Å². The number of alkyl halides is 3. The highest BCUT2D eigenvalue weighted by atomic mass is 19.4. The first-order valence-corrected chi connectivity index (χ1v) is 5.72. The Morgan fingerprint density at radius 2 is 1.84 bits per heavy atom. The number of carbonyl (C=O) groups is 1. The van der Waals surface area contributed by atoms with Crippen molar-refractivity contribution in [1.29, 1.82) is 0 Å². The van der Waals surface area contributed by atoms with Crippen LogP contribution in [0.4, 0.5) is 13.2 Å². The molecule has 104 valence electrons. The average molecular weight is 275 g/mol. The summed E-state index contributed by atoms with van der Waals surface area (Å²) in [5.41, 5.74) is 0. The first-order valence-electron chi connectivity index (χ1n) is 5.72. The number of benzene rings is 1. The zero-order valence-electron chi connectivity index (χ0n) is 9.87. The van der Waals surface area contributed by atoms with E-state index in [1.54, 1.807) is 0 Å². The molecule has 1 aromatic rings. The predicted octanol–water partition coefficient (Wildman–Crippen LogP) is 2.10. The maximum Gasteiger partial charge on any atom is 0.573 e. The fourth-order valence-corrected chi connectivity index (χ4v) is 1.76. The molecule has 0 spiro atoms. The topological polar surface area (TPSA) is 47.6 Å². The van der Waals surface area contributed by atoms with Crippen LogP contribution in [0.1, 0.15) is 6.42 Å². The van der Waals surface area contributed by atoms with Crippen molar-refractivity contribution in [2.75, 3.05) is 13.1 Å². The number of esters is 1. The molecule has 1 aliphatic rings. The average Bonchev–Trinajstić information content (AvgIpc) is 2.83. The highest BCUT2D eigenvalue weighted by Gasteiger charge is 2.31. The molecule has 0 aromatic heterocycles. The number of hydrogen-bond donors (Lipinski definition) is 1. The largest absolute Gasteiger partial charge is 0.573 e. The minimum Gasteiger partial charge on any atom is -0.426 e. The number of nitrogens with one attached hydrogen (secondary N) is 1. The molecule has 1 aromatic carbocycles. The van der Waals surface area contributed by atoms with Gasteiger partial charge < -0.3 is 14.8 Å². The number of carbonyl (C=O) groups excluding carboxylic acids is 1. The Morgan fingerprint density at radius 3 is 2.37 bits per heavy atom. The van der Waals surface area contributed by atoms with Gasteiger partial charge in [0.05, 0.1) is 5.92 Å². The normalized spacial score (nSPS) is 19.2. The second-order valence-electron chi connectivity index (χ2n) is 4.13. The molecule has 7 heteroatoms. The molecular formula is C12H12F3NO3. The highest BCUT2D eigenvalue weighted by molar-refractivity contribution is 5.75. The maximum atomic E-state index is 11.9. The molecule has 1 aliphatic heterocycles. The van der Waals surface area contributed by atoms with Crippen LogP contribution in [-0.4, -0.2) is 25.4 Å². The minimum absolute atomic E-state index is 0.200. The fourth-order valence-electron chi connectivity index (χ4n) is 1.76. The SMILES string of the molecule is O=C(Oc1ccc(OC(F)(F)F)cc1)C1CCNC1. The molecule has 19 heavy (non-hydrogen) atoms. The van der Waals surface area contributed by atoms with Crippen molar-refractivity contribution in [2.24, 2.45) is 5.92 Å². The molecule has 0 amide bonds. The summed E-state index contributed by atoms with van der Waals surface area (Å²) < 4.78 is 44.6. The summed E-state index contributed by atoms with van der Waals surface area (Å²) in [5.74, 6) is -0.734. The van der Waals surface area contributed by atoms with E-state index in [2.05, 4.69) is 10.1 Å². The lowest BCUT2D eigenvalue weighted by atomic mass is 10.1. The number of halogens is 3. The first-order chi connectivity index (χ1) is 8.94. The second kappa shape index (κ2) is 5.48. The standard InChI is InChI=1S/C12H12F3NO3/c13-12(14,15)19-10-3-1-9(2-4-10)18-11(17)8-5-6-16-7-8/h1-4,8,16H,5-7H2. The summed E-state index contributed by atoms with van der Waals surface area (Å²) in [6.07, 6.45) is -4.03. The molecule has 0 saturated carbocycles. The van der Waals surface area contributed by atoms with Crippen LogP contribution in [0.3, 0.4) is 0 Å². The predicted molar refractivity (Wildman–Crippen MR) is 59.7 cm³/mol. The van der Waals surface area contributed by atoms with Gasteiger partial charge >= 0.3 is 12.3 Å². The Bertz CT molecular complexity index is 439. The van der Waals surface area contributed by atoms with E-state index in [4.69, 9.17) is 4.74 Å². The minimum atomic E-state index is -4.73. The molecule has 1 N–H and O–H groups in total. The van der Waals surface area contributed by atoms with E-state index in [1.165, 1.54) is 12.1 Å². The molecule has 1 unspecified atom stereocenters. The molecule has 0 radical (unpaired) electrons. The second-order valence-corrected chi connectivity index (χ2v) is 4.13. The summed E-state index contributed by atoms with van der Waals surface area (Å²) in [6, 6.07) is 4.73. The van der Waals surface area contributed by atoms with Gasteiger partial charge in [0.1, 0.15) is 11.5 Å². The lowest BCUT2D eigenvalue weighted by Gasteiger charge is -2.11. The van der Waals surface area contributed by atoms with Crippen LogP contribution in [0.5, 0.6) is 11.5 Å². The molecule has 4 nitrogen and oxygen atoms in total. The van der Waals surface area contributed by atoms with Gasteiger partial charge in [-0.3, -0.25) is 4.79 Å². The van der Waals surface area contributed by atoms with Crippen molar-refractivity contribution in [3.05, 3.63) is 24.3 Å². The molecular weight excluding hydrogens is 263 g/mol. The van der Waals surface area contributed by atoms with Crippen LogP contribution in [0.25, 0.3) is 0 Å². The summed E-state index contributed by atoms with van der Waals surface area (Å²) in [5, 5.41) is 3.03. The lowest BCUT2D eigenvalue weighted by Crippen LogP contribution is -2.22. The monoisotopic (exact) mass is 275 g/mol. The third kappa shape index (κ3) is 4.13. The highest BCUT2D eigenvalue weighted by Crippen LogP contribution is 2.25. The van der Waals surface area contributed by atoms with Crippen molar-refractivity contribution in [3.8, 4) is 11.5 Å². The quantitative estimate of drug-likeness (QED) is 0.678. The van der Waals surface area contributed by atoms with Crippen LogP contribution in [-0.2, 0) is 4.79 Å². The van der Waals surface area contributed by atoms with E-state index in [1.807, 2.05) is 0 Å². The Balaban J connectivity index is 1.93. The fraction of sp³-hybridized carbons (Fsp3) is 0.417. The van der Waals surface area contributed by atoms with Crippen LogP contribution >= 0.6 is 0 Å². The third-order valence-corrected chi connectivity index (χ3v) is 2.67. The molecule has 1 heterocycles. The number of ether oxygens (including phenoxy) is 2. The van der Waals surface area contributed by atoms with Crippen molar-refractivity contribution >= 4 is 5.97 Å². The van der Waals surface area contributed by atoms with Gasteiger partial charge in [-0.2, -0.15) is 0 Å². The molecule has 2 rings (SSSR count). The van der Waals surface area contributed by atoms with Gasteiger partial charge in [-0.1, -0.05) is 0 Å². The third-order valence-electron chi connectivity index (χ3n) is 2.67. The summed E-state index contributed by atoms with van der Waals surface area (Å²) >= 11 is 0. The van der Waals surface area contributed by atoms with Crippen LogP contribution in [0.2, 0.25) is 0 Å². The van der Waals surface area contributed by atoms with Crippen molar-refractivity contribution < 1.29 is 27.4 Å². The zero-order valence-corrected chi connectivity index (χ0v) is 9.87. The molecule has 1 fully saturated rings. The van der Waals surface area contributed by atoms with Gasteiger partial charge in [-0.15, -0.1) is 13.2 Å². The summed E-state index contributed by atoms with van der Waals surface area (Å²) in [7, 11) is 0. The van der Waals surface area contributed by atoms with E-state index in [0.717, 1.165) is 18.7 Å². The van der Waals surface area contributed by atoms with Crippen molar-refractivity contribution in [1.82, 2.24) is 5.32 Å². The van der Waals surface area contributed by atoms with E-state index in [0.29, 0.717) is 13.0 Å². The molecule has 1 atom stereocenters. The van der Waals surface area contributed by atoms with E-state index in [-0.39, 0.29) is 23.4 Å². The molecule has 0 bridgehead atoms. The van der Waals surface area contributed by atoms with Gasteiger partial charge in [-0.05, 0) is 37.2 Å². The van der Waals surface area contributed by atoms with E-state index < -0.39 is 6.36 Å². The summed E-state index contributed by atoms with van der Waals surface area (Å²) in [4.78, 5) is 11.7. The number of hydrogen-bond acceptors (Lipinski definition) is 4. The molecule has 1 saturated heterocycles. The molecule has 0 aliphatic carbocycles. The van der Waals surface area contributed by atoms with Crippen LogP contribution in [0.15, 0.2) is 24.3 Å². The van der Waals surface area contributed by atoms with Gasteiger partial charge in [0.15, 0.2) is 0 Å². The lowest BCUT2D eigenvalue weighted by molar-refractivity contribution is -0.274. The van der Waals surface area contributed by atoms with E-state index in [9.17, 15) is 18.0 Å². The van der Waals surface area contributed by atoms with Gasteiger partial charge in [0, 0.05) is 6.54 Å². The Kier molecular flexibility index (Phi) is 3.94. The summed E-state index contributed by atoms with van der Waals surface area (Å²) in [6.45, 7) is 1.33. The Morgan fingerprint density at radius 1 is 1.21 bits per heavy atom. The maximum absolute atomic E-state index is 11.9. The Hall–Kier alpha value is -1.76. The van der Waals surface area contributed by atoms with Crippen molar-refractivity contribution in [2.45, 2.75) is 12.8 Å².